The standard InChI is InChI=1S/C14H22N2OS/c1-14(2,3)12(15)13(17)16-10-5-4-6-11-9(10)7-8-18-11/h7-8,10,12H,4-6,15H2,1-3H3,(H,16,17)/t10?,12-/m0/s1. The minimum atomic E-state index is -0.457. The number of amides is 1. The van der Waals surface area contributed by atoms with Gasteiger partial charge in [0.1, 0.15) is 0 Å². The Morgan fingerprint density at radius 1 is 1.56 bits per heavy atom. The molecule has 4 heteroatoms. The van der Waals surface area contributed by atoms with Crippen molar-refractivity contribution in [2.24, 2.45) is 11.1 Å². The lowest BCUT2D eigenvalue weighted by Gasteiger charge is -2.30. The second-order valence-corrected chi connectivity index (χ2v) is 7.10. The third kappa shape index (κ3) is 2.75. The molecule has 1 unspecified atom stereocenters. The lowest BCUT2D eigenvalue weighted by molar-refractivity contribution is -0.125. The van der Waals surface area contributed by atoms with E-state index >= 15 is 0 Å². The second kappa shape index (κ2) is 5.02. The fourth-order valence-electron chi connectivity index (χ4n) is 2.29. The van der Waals surface area contributed by atoms with Crippen molar-refractivity contribution >= 4 is 17.2 Å². The Labute approximate surface area is 113 Å². The fraction of sp³-hybridized carbons (Fsp3) is 0.643. The topological polar surface area (TPSA) is 55.1 Å². The van der Waals surface area contributed by atoms with Crippen LogP contribution in [0.4, 0.5) is 0 Å². The predicted molar refractivity (Wildman–Crippen MR) is 75.6 cm³/mol. The van der Waals surface area contributed by atoms with Crippen molar-refractivity contribution in [2.45, 2.75) is 52.1 Å². The number of nitrogens with two attached hydrogens (primary N) is 1. The van der Waals surface area contributed by atoms with Gasteiger partial charge in [0.2, 0.25) is 5.91 Å². The Bertz CT molecular complexity index is 433. The van der Waals surface area contributed by atoms with Crippen LogP contribution in [0.2, 0.25) is 0 Å². The maximum absolute atomic E-state index is 12.2. The van der Waals surface area contributed by atoms with Gasteiger partial charge in [0, 0.05) is 4.88 Å². The van der Waals surface area contributed by atoms with Gasteiger partial charge < -0.3 is 11.1 Å². The number of fused-ring (bicyclic) bond motifs is 1. The van der Waals surface area contributed by atoms with Gasteiger partial charge in [0.05, 0.1) is 12.1 Å². The van der Waals surface area contributed by atoms with Crippen molar-refractivity contribution in [1.82, 2.24) is 5.32 Å². The monoisotopic (exact) mass is 266 g/mol. The Hall–Kier alpha value is -0.870. The van der Waals surface area contributed by atoms with Crippen LogP contribution in [-0.4, -0.2) is 11.9 Å². The molecule has 1 amide bonds. The molecule has 1 heterocycles. The highest BCUT2D eigenvalue weighted by Crippen LogP contribution is 2.33. The van der Waals surface area contributed by atoms with Crippen LogP contribution >= 0.6 is 11.3 Å². The Kier molecular flexibility index (Phi) is 3.78. The summed E-state index contributed by atoms with van der Waals surface area (Å²) in [5, 5.41) is 5.22. The van der Waals surface area contributed by atoms with Crippen LogP contribution in [0.15, 0.2) is 11.4 Å². The van der Waals surface area contributed by atoms with E-state index in [9.17, 15) is 4.79 Å². The molecule has 1 aliphatic rings. The van der Waals surface area contributed by atoms with Gasteiger partial charge in [0.25, 0.3) is 0 Å². The molecule has 0 aliphatic heterocycles. The number of hydrogen-bond acceptors (Lipinski definition) is 3. The largest absolute Gasteiger partial charge is 0.348 e. The first kappa shape index (κ1) is 13.6. The number of nitrogens with one attached hydrogen (secondary N) is 1. The molecule has 100 valence electrons. The van der Waals surface area contributed by atoms with Crippen LogP contribution < -0.4 is 11.1 Å². The molecule has 0 fully saturated rings. The van der Waals surface area contributed by atoms with Crippen molar-refractivity contribution in [2.75, 3.05) is 0 Å². The molecule has 0 radical (unpaired) electrons. The number of carbonyl (C=O) groups is 1. The summed E-state index contributed by atoms with van der Waals surface area (Å²) < 4.78 is 0. The Balaban J connectivity index is 2.06. The summed E-state index contributed by atoms with van der Waals surface area (Å²) in [5.74, 6) is -0.0356. The molecule has 3 nitrogen and oxygen atoms in total. The molecule has 0 bridgehead atoms. The third-order valence-corrected chi connectivity index (χ3v) is 4.58. The minimum Gasteiger partial charge on any atom is -0.348 e. The zero-order valence-electron chi connectivity index (χ0n) is 11.3. The maximum Gasteiger partial charge on any atom is 0.237 e. The summed E-state index contributed by atoms with van der Waals surface area (Å²) in [6.07, 6.45) is 3.31. The first-order valence-electron chi connectivity index (χ1n) is 6.52. The number of hydrogen-bond donors (Lipinski definition) is 2. The predicted octanol–water partition coefficient (Wildman–Crippen LogP) is 2.62. The molecule has 1 aromatic heterocycles. The van der Waals surface area contributed by atoms with E-state index in [2.05, 4.69) is 16.8 Å². The van der Waals surface area contributed by atoms with Crippen molar-refractivity contribution in [3.8, 4) is 0 Å². The van der Waals surface area contributed by atoms with Crippen molar-refractivity contribution in [1.29, 1.82) is 0 Å². The van der Waals surface area contributed by atoms with Gasteiger partial charge in [-0.3, -0.25) is 4.79 Å². The Morgan fingerprint density at radius 3 is 2.94 bits per heavy atom. The Morgan fingerprint density at radius 2 is 2.28 bits per heavy atom. The van der Waals surface area contributed by atoms with E-state index in [0.29, 0.717) is 0 Å². The van der Waals surface area contributed by atoms with E-state index in [4.69, 9.17) is 5.73 Å². The summed E-state index contributed by atoms with van der Waals surface area (Å²) in [4.78, 5) is 13.6. The van der Waals surface area contributed by atoms with Gasteiger partial charge in [-0.1, -0.05) is 20.8 Å². The molecular formula is C14H22N2OS. The molecule has 18 heavy (non-hydrogen) atoms. The second-order valence-electron chi connectivity index (χ2n) is 6.10. The zero-order chi connectivity index (χ0) is 13.3. The fourth-order valence-corrected chi connectivity index (χ4v) is 3.28. The van der Waals surface area contributed by atoms with Crippen molar-refractivity contribution in [3.63, 3.8) is 0 Å². The number of aryl methyl sites for hydroxylation is 1. The van der Waals surface area contributed by atoms with Crippen LogP contribution in [0.25, 0.3) is 0 Å². The number of rotatable bonds is 2. The van der Waals surface area contributed by atoms with Gasteiger partial charge in [-0.25, -0.2) is 0 Å². The van der Waals surface area contributed by atoms with Gasteiger partial charge in [-0.05, 0) is 41.7 Å². The molecule has 1 aliphatic carbocycles. The van der Waals surface area contributed by atoms with Crippen LogP contribution in [0.1, 0.15) is 50.1 Å². The summed E-state index contributed by atoms with van der Waals surface area (Å²) in [6, 6.07) is 1.83. The van der Waals surface area contributed by atoms with E-state index in [1.165, 1.54) is 10.4 Å². The molecule has 2 rings (SSSR count). The quantitative estimate of drug-likeness (QED) is 0.864. The van der Waals surface area contributed by atoms with Crippen molar-refractivity contribution < 1.29 is 4.79 Å². The maximum atomic E-state index is 12.2. The van der Waals surface area contributed by atoms with E-state index in [1.54, 1.807) is 11.3 Å². The smallest absolute Gasteiger partial charge is 0.237 e. The third-order valence-electron chi connectivity index (χ3n) is 3.58. The van der Waals surface area contributed by atoms with Gasteiger partial charge >= 0.3 is 0 Å². The highest BCUT2D eigenvalue weighted by Gasteiger charge is 2.30. The number of thiophene rings is 1. The van der Waals surface area contributed by atoms with E-state index in [-0.39, 0.29) is 17.4 Å². The molecule has 0 aromatic carbocycles. The summed E-state index contributed by atoms with van der Waals surface area (Å²) in [7, 11) is 0. The van der Waals surface area contributed by atoms with Crippen LogP contribution in [0, 0.1) is 5.41 Å². The highest BCUT2D eigenvalue weighted by molar-refractivity contribution is 7.10. The van der Waals surface area contributed by atoms with E-state index < -0.39 is 6.04 Å². The van der Waals surface area contributed by atoms with E-state index in [1.807, 2.05) is 20.8 Å². The van der Waals surface area contributed by atoms with E-state index in [0.717, 1.165) is 19.3 Å². The molecule has 2 atom stereocenters. The van der Waals surface area contributed by atoms with Crippen LogP contribution in [-0.2, 0) is 11.2 Å². The average Bonchev–Trinajstić information content (AvgIpc) is 2.75. The normalized spacial score (nSPS) is 21.2. The molecular weight excluding hydrogens is 244 g/mol. The minimum absolute atomic E-state index is 0.0356. The zero-order valence-corrected chi connectivity index (χ0v) is 12.1. The van der Waals surface area contributed by atoms with Gasteiger partial charge in [-0.2, -0.15) is 0 Å². The average molecular weight is 266 g/mol. The molecule has 0 spiro atoms. The SMILES string of the molecule is CC(C)(C)[C@@H](N)C(=O)NC1CCCc2sccc21. The van der Waals surface area contributed by atoms with Gasteiger partial charge in [0.15, 0.2) is 0 Å². The van der Waals surface area contributed by atoms with Gasteiger partial charge in [-0.15, -0.1) is 11.3 Å². The highest BCUT2D eigenvalue weighted by atomic mass is 32.1. The summed E-state index contributed by atoms with van der Waals surface area (Å²) in [5.41, 5.74) is 7.09. The molecule has 3 N–H and O–H groups in total. The lowest BCUT2D eigenvalue weighted by atomic mass is 9.86. The lowest BCUT2D eigenvalue weighted by Crippen LogP contribution is -2.49. The van der Waals surface area contributed by atoms with Crippen molar-refractivity contribution in [3.05, 3.63) is 21.9 Å². The first-order valence-corrected chi connectivity index (χ1v) is 7.40. The molecule has 0 saturated carbocycles. The first-order chi connectivity index (χ1) is 8.39. The van der Waals surface area contributed by atoms with Crippen LogP contribution in [0.3, 0.4) is 0 Å². The molecule has 1 aromatic rings. The summed E-state index contributed by atoms with van der Waals surface area (Å²) in [6.45, 7) is 5.98. The molecule has 0 saturated heterocycles. The van der Waals surface area contributed by atoms with Crippen LogP contribution in [0.5, 0.6) is 0 Å². The summed E-state index contributed by atoms with van der Waals surface area (Å²) >= 11 is 1.79. The number of carbonyl (C=O) groups excluding carboxylic acids is 1.